The molecular formula is C36H41FN4O5Si. The van der Waals surface area contributed by atoms with E-state index in [0.717, 1.165) is 22.0 Å². The van der Waals surface area contributed by atoms with E-state index in [2.05, 4.69) is 10.3 Å². The van der Waals surface area contributed by atoms with Crippen LogP contribution in [0.5, 0.6) is 0 Å². The molecule has 2 aliphatic rings. The number of aromatic nitrogens is 1. The summed E-state index contributed by atoms with van der Waals surface area (Å²) in [6.45, 7) is 5.21. The number of likely N-dealkylation sites (N-methyl/N-ethyl adjacent to an activating group) is 1. The quantitative estimate of drug-likeness (QED) is 0.154. The summed E-state index contributed by atoms with van der Waals surface area (Å²) >= 11 is 0. The predicted octanol–water partition coefficient (Wildman–Crippen LogP) is 5.51. The second-order valence-electron chi connectivity index (χ2n) is 13.2. The second-order valence-corrected chi connectivity index (χ2v) is 17.0. The molecule has 1 saturated heterocycles. The molecule has 0 unspecified atom stereocenters. The number of carbonyl (C=O) groups is 3. The Kier molecular flexibility index (Phi) is 8.81. The van der Waals surface area contributed by atoms with Crippen LogP contribution in [-0.4, -0.2) is 67.4 Å². The molecule has 1 aromatic heterocycles. The van der Waals surface area contributed by atoms with E-state index in [-0.39, 0.29) is 43.7 Å². The summed E-state index contributed by atoms with van der Waals surface area (Å²) in [5.74, 6) is -1.40. The van der Waals surface area contributed by atoms with E-state index in [0.29, 0.717) is 23.5 Å². The lowest BCUT2D eigenvalue weighted by atomic mass is 9.82. The molecular weight excluding hydrogens is 616 g/mol. The average molecular weight is 657 g/mol. The first-order valence-electron chi connectivity index (χ1n) is 16.0. The molecule has 3 aromatic carbocycles. The lowest BCUT2D eigenvalue weighted by Crippen LogP contribution is -2.44. The monoisotopic (exact) mass is 656 g/mol. The van der Waals surface area contributed by atoms with Gasteiger partial charge in [-0.2, -0.15) is 0 Å². The topological polar surface area (TPSA) is 115 Å². The van der Waals surface area contributed by atoms with Crippen molar-refractivity contribution in [2.24, 2.45) is 5.92 Å². The fourth-order valence-electron chi connectivity index (χ4n) is 7.60. The molecule has 11 heteroatoms. The maximum atomic E-state index is 16.2. The number of aromatic amines is 1. The van der Waals surface area contributed by atoms with Crippen LogP contribution in [0.3, 0.4) is 0 Å². The van der Waals surface area contributed by atoms with Crippen molar-refractivity contribution >= 4 is 48.4 Å². The van der Waals surface area contributed by atoms with E-state index in [4.69, 9.17) is 4.74 Å². The molecule has 3 N–H and O–H groups in total. The van der Waals surface area contributed by atoms with Crippen LogP contribution < -0.4 is 10.2 Å². The Hall–Kier alpha value is -4.32. The van der Waals surface area contributed by atoms with Gasteiger partial charge in [0.05, 0.1) is 31.2 Å². The van der Waals surface area contributed by atoms with Gasteiger partial charge in [-0.05, 0) is 48.5 Å². The van der Waals surface area contributed by atoms with Gasteiger partial charge >= 0.3 is 0 Å². The van der Waals surface area contributed by atoms with E-state index < -0.39 is 31.6 Å². The smallest absolute Gasteiger partial charge is 0.264 e. The highest BCUT2D eigenvalue weighted by Gasteiger charge is 2.66. The lowest BCUT2D eigenvalue weighted by molar-refractivity contribution is -0.149. The summed E-state index contributed by atoms with van der Waals surface area (Å²) in [7, 11) is -1.84. The fraction of sp³-hybridized carbons (Fsp3) is 0.361. The summed E-state index contributed by atoms with van der Waals surface area (Å²) in [6.07, 6.45) is 0.996. The van der Waals surface area contributed by atoms with Crippen molar-refractivity contribution in [1.82, 2.24) is 9.88 Å². The van der Waals surface area contributed by atoms with E-state index in [1.165, 1.54) is 4.90 Å². The molecule has 1 spiro atoms. The number of ether oxygens (including phenoxy) is 1. The van der Waals surface area contributed by atoms with Crippen molar-refractivity contribution in [3.63, 3.8) is 0 Å². The van der Waals surface area contributed by atoms with Gasteiger partial charge in [0.25, 0.3) is 5.91 Å². The molecule has 0 bridgehead atoms. The highest BCUT2D eigenvalue weighted by molar-refractivity contribution is 6.72. The van der Waals surface area contributed by atoms with Gasteiger partial charge in [-0.15, -0.1) is 0 Å². The van der Waals surface area contributed by atoms with Crippen LogP contribution in [-0.2, 0) is 37.7 Å². The number of anilines is 2. The van der Waals surface area contributed by atoms with Crippen molar-refractivity contribution in [3.05, 3.63) is 95.7 Å². The highest BCUT2D eigenvalue weighted by atomic mass is 28.4. The Balaban J connectivity index is 1.28. The second kappa shape index (κ2) is 12.7. The summed E-state index contributed by atoms with van der Waals surface area (Å²) in [5.41, 5.74) is 2.21. The van der Waals surface area contributed by atoms with Gasteiger partial charge in [0.2, 0.25) is 20.2 Å². The van der Waals surface area contributed by atoms with Gasteiger partial charge in [0, 0.05) is 59.9 Å². The predicted molar refractivity (Wildman–Crippen MR) is 182 cm³/mol. The Bertz CT molecular complexity index is 1810. The van der Waals surface area contributed by atoms with Crippen LogP contribution in [0.1, 0.15) is 30.0 Å². The largest absolute Gasteiger partial charge is 0.395 e. The summed E-state index contributed by atoms with van der Waals surface area (Å²) in [5, 5.41) is 13.7. The molecule has 3 heterocycles. The molecule has 0 saturated carbocycles. The number of halogens is 1. The number of fused-ring (bicyclic) bond motifs is 3. The first-order chi connectivity index (χ1) is 22.4. The third-order valence-electron chi connectivity index (χ3n) is 9.72. The third kappa shape index (κ3) is 5.99. The number of hydrogen-bond acceptors (Lipinski definition) is 5. The Morgan fingerprint density at radius 2 is 1.83 bits per heavy atom. The summed E-state index contributed by atoms with van der Waals surface area (Å²) < 4.78 is 22.9. The van der Waals surface area contributed by atoms with Crippen LogP contribution in [0, 0.1) is 5.92 Å². The Morgan fingerprint density at radius 1 is 1.11 bits per heavy atom. The van der Waals surface area contributed by atoms with Gasteiger partial charge in [-0.25, -0.2) is 0 Å². The first-order valence-corrected chi connectivity index (χ1v) is 19.0. The van der Waals surface area contributed by atoms with Crippen LogP contribution in [0.4, 0.5) is 15.5 Å². The molecule has 4 aromatic rings. The number of para-hydroxylation sites is 1. The van der Waals surface area contributed by atoms with Gasteiger partial charge in [-0.1, -0.05) is 55.5 Å². The number of nitrogens with one attached hydrogen (secondary N) is 2. The van der Waals surface area contributed by atoms with Crippen molar-refractivity contribution in [2.45, 2.75) is 56.7 Å². The van der Waals surface area contributed by atoms with E-state index in [1.54, 1.807) is 43.2 Å². The van der Waals surface area contributed by atoms with E-state index in [1.807, 2.05) is 67.7 Å². The van der Waals surface area contributed by atoms with Crippen LogP contribution in [0.25, 0.3) is 10.9 Å². The first kappa shape index (κ1) is 32.6. The molecule has 9 nitrogen and oxygen atoms in total. The molecule has 6 rings (SSSR count). The van der Waals surface area contributed by atoms with Crippen LogP contribution in [0.2, 0.25) is 18.6 Å². The standard InChI is InChI=1S/C36H41FN4O5Si/c1-23-34(47(3,4)37)31(20-33(44)41(16-17-42)22-24-10-6-5-7-11-24)46-36(23)28-19-26(14-15-30(28)40(2)35(36)45)39-32(43)18-25-21-38-29-13-9-8-12-27(25)29/h5-15,19,21,23,31,34,38,42H,16-18,20,22H2,1-4H3,(H,39,43)/t23-,31+,34-,36+/m0/s1. The molecule has 4 atom stereocenters. The molecule has 3 amide bonds. The number of rotatable bonds is 10. The number of aliphatic hydroxyl groups is 1. The van der Waals surface area contributed by atoms with Gasteiger partial charge in [0.15, 0.2) is 5.60 Å². The SMILES string of the molecule is C[C@H]1[C@H]([Si](C)(C)F)[C@@H](CC(=O)N(CCO)Cc2ccccc2)O[C@]12C(=O)N(C)c1ccc(NC(=O)Cc3c[nH]c4ccccc34)cc12. The Morgan fingerprint density at radius 3 is 2.55 bits per heavy atom. The zero-order valence-corrected chi connectivity index (χ0v) is 28.1. The normalized spacial score (nSPS) is 22.2. The molecule has 1 fully saturated rings. The zero-order chi connectivity index (χ0) is 33.5. The van der Waals surface area contributed by atoms with E-state index >= 15 is 4.11 Å². The molecule has 47 heavy (non-hydrogen) atoms. The van der Waals surface area contributed by atoms with Crippen molar-refractivity contribution in [2.75, 3.05) is 30.4 Å². The zero-order valence-electron chi connectivity index (χ0n) is 27.1. The van der Waals surface area contributed by atoms with Crippen molar-refractivity contribution in [1.29, 1.82) is 0 Å². The van der Waals surface area contributed by atoms with Crippen molar-refractivity contribution < 1.29 is 28.3 Å². The average Bonchev–Trinajstić information content (AvgIpc) is 3.64. The number of nitrogens with zero attached hydrogens (tertiary/aromatic N) is 2. The van der Waals surface area contributed by atoms with Crippen LogP contribution in [0.15, 0.2) is 79.0 Å². The van der Waals surface area contributed by atoms with Gasteiger partial charge < -0.3 is 34.1 Å². The van der Waals surface area contributed by atoms with Gasteiger partial charge in [0.1, 0.15) is 0 Å². The Labute approximate surface area is 274 Å². The minimum atomic E-state index is -3.50. The number of carbonyl (C=O) groups excluding carboxylic acids is 3. The fourth-order valence-corrected chi connectivity index (χ4v) is 10.1. The number of benzene rings is 3. The number of hydrogen-bond donors (Lipinski definition) is 3. The minimum absolute atomic E-state index is 0.119. The maximum absolute atomic E-state index is 16.2. The van der Waals surface area contributed by atoms with Gasteiger partial charge in [-0.3, -0.25) is 14.4 Å². The lowest BCUT2D eigenvalue weighted by Gasteiger charge is -2.31. The molecule has 246 valence electrons. The summed E-state index contributed by atoms with van der Waals surface area (Å²) in [4.78, 5) is 47.3. The number of H-pyrrole nitrogens is 1. The summed E-state index contributed by atoms with van der Waals surface area (Å²) in [6, 6.07) is 22.5. The maximum Gasteiger partial charge on any atom is 0.264 e. The molecule has 0 aliphatic carbocycles. The number of amides is 3. The highest BCUT2D eigenvalue weighted by Crippen LogP contribution is 2.60. The van der Waals surface area contributed by atoms with Crippen LogP contribution >= 0.6 is 0 Å². The number of aliphatic hydroxyl groups excluding tert-OH is 1. The third-order valence-corrected chi connectivity index (χ3v) is 12.2. The minimum Gasteiger partial charge on any atom is -0.395 e. The molecule has 2 aliphatic heterocycles. The van der Waals surface area contributed by atoms with Crippen molar-refractivity contribution in [3.8, 4) is 0 Å². The van der Waals surface area contributed by atoms with E-state index in [9.17, 15) is 19.5 Å². The molecule has 0 radical (unpaired) electrons.